The molecule has 0 unspecified atom stereocenters. The van der Waals surface area contributed by atoms with Gasteiger partial charge in [0.25, 0.3) is 0 Å². The first-order chi connectivity index (χ1) is 6.88. The quantitative estimate of drug-likeness (QED) is 0.717. The minimum Gasteiger partial charge on any atom is -0.351 e. The molecule has 0 amide bonds. The Morgan fingerprint density at radius 3 is 2.93 bits per heavy atom. The smallest absolute Gasteiger partial charge is 0.224 e. The fourth-order valence-electron chi connectivity index (χ4n) is 1.76. The van der Waals surface area contributed by atoms with E-state index in [4.69, 9.17) is 6.42 Å². The average molecular weight is 187 g/mol. The molecule has 0 spiro atoms. The van der Waals surface area contributed by atoms with Crippen LogP contribution in [0.3, 0.4) is 0 Å². The van der Waals surface area contributed by atoms with Crippen LogP contribution in [0, 0.1) is 12.3 Å². The highest BCUT2D eigenvalue weighted by molar-refractivity contribution is 5.32. The topological polar surface area (TPSA) is 37.8 Å². The van der Waals surface area contributed by atoms with Crippen LogP contribution in [0.15, 0.2) is 12.3 Å². The van der Waals surface area contributed by atoms with Crippen molar-refractivity contribution in [3.8, 4) is 12.3 Å². The second-order valence-electron chi connectivity index (χ2n) is 3.54. The summed E-state index contributed by atoms with van der Waals surface area (Å²) in [5.41, 5.74) is 0.639. The zero-order valence-electron chi connectivity index (χ0n) is 8.03. The Morgan fingerprint density at radius 2 is 2.21 bits per heavy atom. The Hall–Kier alpha value is -1.56. The Balaban J connectivity index is 2.05. The van der Waals surface area contributed by atoms with Crippen LogP contribution < -0.4 is 5.32 Å². The van der Waals surface area contributed by atoms with Crippen molar-refractivity contribution in [2.75, 3.05) is 5.32 Å². The van der Waals surface area contributed by atoms with Crippen molar-refractivity contribution >= 4 is 5.95 Å². The molecule has 3 heteroatoms. The van der Waals surface area contributed by atoms with Crippen LogP contribution in [0.4, 0.5) is 5.95 Å². The maximum atomic E-state index is 5.26. The van der Waals surface area contributed by atoms with E-state index in [0.29, 0.717) is 17.7 Å². The Kier molecular flexibility index (Phi) is 2.64. The summed E-state index contributed by atoms with van der Waals surface area (Å²) in [4.78, 5) is 8.33. The lowest BCUT2D eigenvalue weighted by Crippen LogP contribution is -2.16. The first kappa shape index (κ1) is 9.01. The molecular weight excluding hydrogens is 174 g/mol. The van der Waals surface area contributed by atoms with Gasteiger partial charge in [0.05, 0.1) is 0 Å². The zero-order chi connectivity index (χ0) is 9.80. The Bertz CT molecular complexity index is 348. The average Bonchev–Trinajstić information content (AvgIpc) is 2.71. The van der Waals surface area contributed by atoms with Crippen LogP contribution in [-0.2, 0) is 0 Å². The minimum atomic E-state index is 0.531. The van der Waals surface area contributed by atoms with Crippen molar-refractivity contribution in [1.82, 2.24) is 9.97 Å². The molecule has 2 rings (SSSR count). The van der Waals surface area contributed by atoms with Crippen molar-refractivity contribution in [3.63, 3.8) is 0 Å². The molecular formula is C11H13N3. The van der Waals surface area contributed by atoms with E-state index in [1.54, 1.807) is 12.3 Å². The van der Waals surface area contributed by atoms with Gasteiger partial charge in [0.15, 0.2) is 0 Å². The van der Waals surface area contributed by atoms with Gasteiger partial charge in [-0.05, 0) is 18.9 Å². The number of hydrogen-bond acceptors (Lipinski definition) is 3. The molecule has 0 saturated heterocycles. The molecule has 1 fully saturated rings. The van der Waals surface area contributed by atoms with E-state index < -0.39 is 0 Å². The Labute approximate surface area is 84.0 Å². The van der Waals surface area contributed by atoms with E-state index >= 15 is 0 Å². The monoisotopic (exact) mass is 187 g/mol. The molecule has 1 aromatic rings. The third-order valence-electron chi connectivity index (χ3n) is 2.49. The third-order valence-corrected chi connectivity index (χ3v) is 2.49. The molecule has 0 aromatic carbocycles. The van der Waals surface area contributed by atoms with Gasteiger partial charge in [-0.3, -0.25) is 0 Å². The fourth-order valence-corrected chi connectivity index (χ4v) is 1.76. The number of nitrogens with zero attached hydrogens (tertiary/aromatic N) is 2. The van der Waals surface area contributed by atoms with Gasteiger partial charge in [-0.1, -0.05) is 18.8 Å². The molecule has 1 aliphatic carbocycles. The molecule has 1 heterocycles. The first-order valence-electron chi connectivity index (χ1n) is 4.94. The van der Waals surface area contributed by atoms with E-state index in [9.17, 15) is 0 Å². The predicted molar refractivity (Wildman–Crippen MR) is 55.8 cm³/mol. The SMILES string of the molecule is C#Cc1ccnc(NC2CCCC2)n1. The summed E-state index contributed by atoms with van der Waals surface area (Å²) < 4.78 is 0. The van der Waals surface area contributed by atoms with E-state index in [-0.39, 0.29) is 0 Å². The third kappa shape index (κ3) is 2.02. The first-order valence-corrected chi connectivity index (χ1v) is 4.94. The molecule has 0 radical (unpaired) electrons. The number of hydrogen-bond donors (Lipinski definition) is 1. The van der Waals surface area contributed by atoms with E-state index in [0.717, 1.165) is 0 Å². The summed E-state index contributed by atoms with van der Waals surface area (Å²) in [5, 5.41) is 3.30. The summed E-state index contributed by atoms with van der Waals surface area (Å²) in [6.07, 6.45) is 12.0. The van der Waals surface area contributed by atoms with Crippen LogP contribution in [0.1, 0.15) is 31.4 Å². The van der Waals surface area contributed by atoms with Gasteiger partial charge >= 0.3 is 0 Å². The number of aromatic nitrogens is 2. The van der Waals surface area contributed by atoms with Gasteiger partial charge in [-0.2, -0.15) is 0 Å². The standard InChI is InChI=1S/C11H13N3/c1-2-9-7-8-12-11(13-9)14-10-5-3-4-6-10/h1,7-8,10H,3-6H2,(H,12,13,14). The second-order valence-corrected chi connectivity index (χ2v) is 3.54. The molecule has 0 aliphatic heterocycles. The summed E-state index contributed by atoms with van der Waals surface area (Å²) in [6, 6.07) is 2.27. The predicted octanol–water partition coefficient (Wildman–Crippen LogP) is 1.81. The lowest BCUT2D eigenvalue weighted by Gasteiger charge is -2.10. The maximum absolute atomic E-state index is 5.26. The van der Waals surface area contributed by atoms with Crippen molar-refractivity contribution < 1.29 is 0 Å². The molecule has 3 nitrogen and oxygen atoms in total. The summed E-state index contributed by atoms with van der Waals surface area (Å²) in [5.74, 6) is 3.16. The van der Waals surface area contributed by atoms with E-state index in [1.807, 2.05) is 0 Å². The van der Waals surface area contributed by atoms with Gasteiger partial charge < -0.3 is 5.32 Å². The molecule has 1 N–H and O–H groups in total. The molecule has 14 heavy (non-hydrogen) atoms. The van der Waals surface area contributed by atoms with Gasteiger partial charge in [-0.15, -0.1) is 6.42 Å². The highest BCUT2D eigenvalue weighted by atomic mass is 15.1. The number of anilines is 1. The molecule has 0 bridgehead atoms. The van der Waals surface area contributed by atoms with E-state index in [1.165, 1.54) is 25.7 Å². The van der Waals surface area contributed by atoms with Gasteiger partial charge in [0.2, 0.25) is 5.95 Å². The molecule has 72 valence electrons. The lowest BCUT2D eigenvalue weighted by atomic mass is 10.2. The number of nitrogens with one attached hydrogen (secondary N) is 1. The highest BCUT2D eigenvalue weighted by Crippen LogP contribution is 2.20. The van der Waals surface area contributed by atoms with Crippen molar-refractivity contribution in [1.29, 1.82) is 0 Å². The molecule has 1 saturated carbocycles. The molecule has 1 aromatic heterocycles. The summed E-state index contributed by atoms with van der Waals surface area (Å²) >= 11 is 0. The van der Waals surface area contributed by atoms with Crippen molar-refractivity contribution in [2.45, 2.75) is 31.7 Å². The van der Waals surface area contributed by atoms with Crippen LogP contribution in [0.25, 0.3) is 0 Å². The Morgan fingerprint density at radius 1 is 1.43 bits per heavy atom. The van der Waals surface area contributed by atoms with Crippen LogP contribution in [-0.4, -0.2) is 16.0 Å². The van der Waals surface area contributed by atoms with Crippen LogP contribution >= 0.6 is 0 Å². The normalized spacial score (nSPS) is 16.5. The van der Waals surface area contributed by atoms with Gasteiger partial charge in [0.1, 0.15) is 5.69 Å². The van der Waals surface area contributed by atoms with Crippen molar-refractivity contribution in [3.05, 3.63) is 18.0 Å². The minimum absolute atomic E-state index is 0.531. The lowest BCUT2D eigenvalue weighted by molar-refractivity contribution is 0.743. The summed E-state index contributed by atoms with van der Waals surface area (Å²) in [7, 11) is 0. The van der Waals surface area contributed by atoms with Gasteiger partial charge in [0, 0.05) is 12.2 Å². The maximum Gasteiger partial charge on any atom is 0.224 e. The second kappa shape index (κ2) is 4.10. The highest BCUT2D eigenvalue weighted by Gasteiger charge is 2.15. The van der Waals surface area contributed by atoms with Crippen LogP contribution in [0.2, 0.25) is 0 Å². The number of rotatable bonds is 2. The largest absolute Gasteiger partial charge is 0.351 e. The number of terminal acetylenes is 1. The summed E-state index contributed by atoms with van der Waals surface area (Å²) in [6.45, 7) is 0. The zero-order valence-corrected chi connectivity index (χ0v) is 8.03. The van der Waals surface area contributed by atoms with Gasteiger partial charge in [-0.25, -0.2) is 9.97 Å². The van der Waals surface area contributed by atoms with E-state index in [2.05, 4.69) is 21.2 Å². The molecule has 1 aliphatic rings. The van der Waals surface area contributed by atoms with Crippen LogP contribution in [0.5, 0.6) is 0 Å². The fraction of sp³-hybridized carbons (Fsp3) is 0.455. The molecule has 0 atom stereocenters. The van der Waals surface area contributed by atoms with Crippen molar-refractivity contribution in [2.24, 2.45) is 0 Å².